The highest BCUT2D eigenvalue weighted by Gasteiger charge is 2.49. The van der Waals surface area contributed by atoms with Gasteiger partial charge in [0, 0.05) is 56.5 Å². The summed E-state index contributed by atoms with van der Waals surface area (Å²) in [6.07, 6.45) is 12.3. The molecule has 3 rings (SSSR count). The summed E-state index contributed by atoms with van der Waals surface area (Å²) in [6, 6.07) is 11.4. The molecule has 70 heavy (non-hydrogen) atoms. The Morgan fingerprint density at radius 2 is 1.34 bits per heavy atom. The predicted molar refractivity (Wildman–Crippen MR) is 279 cm³/mol. The third kappa shape index (κ3) is 24.9. The largest absolute Gasteiger partial charge is 0.399 e. The van der Waals surface area contributed by atoms with Crippen LogP contribution in [0.4, 0.5) is 0 Å². The van der Waals surface area contributed by atoms with Gasteiger partial charge in [-0.05, 0) is 96.8 Å². The summed E-state index contributed by atoms with van der Waals surface area (Å²) in [7, 11) is 4.27. The highest BCUT2D eigenvalue weighted by atomic mass is 16.6. The summed E-state index contributed by atoms with van der Waals surface area (Å²) in [5, 5.41) is 24.6. The molecule has 17 heteroatoms. The minimum atomic E-state index is 0.0649. The summed E-state index contributed by atoms with van der Waals surface area (Å²) in [5.74, 6) is 1.33. The molecule has 17 nitrogen and oxygen atoms in total. The number of hydrogen-bond acceptors (Lipinski definition) is 15. The van der Waals surface area contributed by atoms with Crippen LogP contribution in [-0.2, 0) is 42.7 Å². The summed E-state index contributed by atoms with van der Waals surface area (Å²) in [5.41, 5.74) is 8.09. The summed E-state index contributed by atoms with van der Waals surface area (Å²) < 4.78 is 44.4. The molecule has 402 valence electrons. The van der Waals surface area contributed by atoms with Gasteiger partial charge in [-0.15, -0.1) is 0 Å². The number of nitrogens with one attached hydrogen (secondary N) is 4. The van der Waals surface area contributed by atoms with Gasteiger partial charge in [0.15, 0.2) is 0 Å². The molecule has 6 N–H and O–H groups in total. The van der Waals surface area contributed by atoms with Crippen LogP contribution in [0.3, 0.4) is 0 Å². The molecule has 1 amide bonds. The molecular formula is C53H96N8O9. The Kier molecular flexibility index (Phi) is 32.7. The van der Waals surface area contributed by atoms with Gasteiger partial charge in [-0.3, -0.25) is 15.6 Å². The third-order valence-electron chi connectivity index (χ3n) is 13.4. The standard InChI is InChI=1S/C53H96N8O9/c1-7-9-24-63-27-30-66-33-34-68-32-29-65-26-20-58-42-48(55)43-70-38-37-69-36-35-67-31-28-64-25-17-51(62)60-22-18-53(19-23-60)40-47(41-53)52(56)61(45(4)54)44(3)39-49(13-8-2)59(6)21-16-50(57-5)46-14-11-10-12-15-46/h10-12,14-15,42,44,47,49-50,54,56-58H,7-9,13,16-41,43,55H2,1-6H3/b48-42-,54-45?,56-52?. The zero-order chi connectivity index (χ0) is 50.7. The van der Waals surface area contributed by atoms with Gasteiger partial charge in [0.2, 0.25) is 5.91 Å². The number of unbranched alkanes of at least 4 members (excludes halogenated alkanes) is 1. The van der Waals surface area contributed by atoms with Crippen LogP contribution in [0.1, 0.15) is 110 Å². The van der Waals surface area contributed by atoms with E-state index in [2.05, 4.69) is 73.7 Å². The Hall–Kier alpha value is -3.23. The summed E-state index contributed by atoms with van der Waals surface area (Å²) in [6.45, 7) is 19.5. The number of carbonyl (C=O) groups is 1. The van der Waals surface area contributed by atoms with Crippen molar-refractivity contribution in [2.24, 2.45) is 17.1 Å². The number of nitrogens with zero attached hydrogens (tertiary/aromatic N) is 3. The molecule has 1 aliphatic heterocycles. The van der Waals surface area contributed by atoms with E-state index >= 15 is 0 Å². The minimum absolute atomic E-state index is 0.0649. The van der Waals surface area contributed by atoms with Crippen LogP contribution in [0.15, 0.2) is 42.2 Å². The number of likely N-dealkylation sites (tertiary alicyclic amines) is 1. The number of amides is 1. The first-order chi connectivity index (χ1) is 34.0. The molecular weight excluding hydrogens is 893 g/mol. The normalized spacial score (nSPS) is 16.3. The van der Waals surface area contributed by atoms with Gasteiger partial charge in [0.05, 0.1) is 117 Å². The second kappa shape index (κ2) is 37.5. The monoisotopic (exact) mass is 989 g/mol. The molecule has 1 aromatic carbocycles. The van der Waals surface area contributed by atoms with Crippen molar-refractivity contribution in [3.63, 3.8) is 0 Å². The van der Waals surface area contributed by atoms with Gasteiger partial charge < -0.3 is 69.0 Å². The molecule has 2 aliphatic rings. The van der Waals surface area contributed by atoms with E-state index in [1.807, 2.05) is 23.8 Å². The van der Waals surface area contributed by atoms with Gasteiger partial charge in [-0.1, -0.05) is 57.0 Å². The second-order valence-corrected chi connectivity index (χ2v) is 19.0. The lowest BCUT2D eigenvalue weighted by atomic mass is 9.57. The van der Waals surface area contributed by atoms with Crippen LogP contribution in [-0.4, -0.2) is 190 Å². The molecule has 0 bridgehead atoms. The number of carbonyl (C=O) groups excluding carboxylic acids is 1. The van der Waals surface area contributed by atoms with Crippen molar-refractivity contribution in [3.05, 3.63) is 47.8 Å². The van der Waals surface area contributed by atoms with Crippen molar-refractivity contribution in [3.8, 4) is 0 Å². The number of benzene rings is 1. The highest BCUT2D eigenvalue weighted by molar-refractivity contribution is 5.98. The first-order valence-corrected chi connectivity index (χ1v) is 26.5. The van der Waals surface area contributed by atoms with E-state index in [1.165, 1.54) is 5.56 Å². The smallest absolute Gasteiger partial charge is 0.224 e. The van der Waals surface area contributed by atoms with Crippen molar-refractivity contribution in [2.45, 2.75) is 116 Å². The number of ether oxygens (including phenoxy) is 8. The fraction of sp³-hybridized carbons (Fsp3) is 0.792. The van der Waals surface area contributed by atoms with E-state index in [-0.39, 0.29) is 23.3 Å². The molecule has 0 radical (unpaired) electrons. The lowest BCUT2D eigenvalue weighted by Crippen LogP contribution is -2.55. The fourth-order valence-corrected chi connectivity index (χ4v) is 9.34. The van der Waals surface area contributed by atoms with Crippen LogP contribution in [0, 0.1) is 22.2 Å². The van der Waals surface area contributed by atoms with Crippen molar-refractivity contribution in [2.75, 3.05) is 146 Å². The van der Waals surface area contributed by atoms with Crippen molar-refractivity contribution in [1.82, 2.24) is 25.3 Å². The van der Waals surface area contributed by atoms with Crippen molar-refractivity contribution < 1.29 is 42.7 Å². The molecule has 1 aromatic rings. The maximum atomic E-state index is 13.0. The molecule has 1 saturated carbocycles. The second-order valence-electron chi connectivity index (χ2n) is 19.0. The maximum Gasteiger partial charge on any atom is 0.224 e. The van der Waals surface area contributed by atoms with E-state index in [9.17, 15) is 10.2 Å². The Labute approximate surface area is 422 Å². The van der Waals surface area contributed by atoms with Crippen molar-refractivity contribution in [1.29, 1.82) is 10.8 Å². The molecule has 1 spiro atoms. The van der Waals surface area contributed by atoms with Gasteiger partial charge in [0.25, 0.3) is 0 Å². The first kappa shape index (κ1) is 61.1. The van der Waals surface area contributed by atoms with Crippen LogP contribution in [0.25, 0.3) is 0 Å². The van der Waals surface area contributed by atoms with Gasteiger partial charge in [-0.25, -0.2) is 0 Å². The predicted octanol–water partition coefficient (Wildman–Crippen LogP) is 6.22. The average molecular weight is 989 g/mol. The Morgan fingerprint density at radius 1 is 0.800 bits per heavy atom. The van der Waals surface area contributed by atoms with Crippen LogP contribution in [0.2, 0.25) is 0 Å². The zero-order valence-corrected chi connectivity index (χ0v) is 44.3. The average Bonchev–Trinajstić information content (AvgIpc) is 3.34. The van der Waals surface area contributed by atoms with Gasteiger partial charge >= 0.3 is 0 Å². The molecule has 3 atom stereocenters. The number of rotatable bonds is 42. The topological polar surface area (TPSA) is 198 Å². The van der Waals surface area contributed by atoms with Crippen LogP contribution in [0.5, 0.6) is 0 Å². The Bertz CT molecular complexity index is 1550. The van der Waals surface area contributed by atoms with Gasteiger partial charge in [0.1, 0.15) is 5.84 Å². The summed E-state index contributed by atoms with van der Waals surface area (Å²) >= 11 is 0. The molecule has 2 fully saturated rings. The van der Waals surface area contributed by atoms with Gasteiger partial charge in [-0.2, -0.15) is 0 Å². The first-order valence-electron chi connectivity index (χ1n) is 26.5. The van der Waals surface area contributed by atoms with E-state index in [0.29, 0.717) is 142 Å². The van der Waals surface area contributed by atoms with E-state index < -0.39 is 0 Å². The zero-order valence-electron chi connectivity index (χ0n) is 44.3. The maximum absolute atomic E-state index is 13.0. The number of amidine groups is 2. The lowest BCUT2D eigenvalue weighted by molar-refractivity contribution is -0.136. The lowest BCUT2D eigenvalue weighted by Gasteiger charge is -2.53. The quantitative estimate of drug-likeness (QED) is 0.0281. The molecule has 1 saturated heterocycles. The van der Waals surface area contributed by atoms with Crippen molar-refractivity contribution >= 4 is 17.6 Å². The van der Waals surface area contributed by atoms with Crippen LogP contribution >= 0.6 is 0 Å². The number of hydrogen-bond donors (Lipinski definition) is 5. The molecule has 0 aromatic heterocycles. The van der Waals surface area contributed by atoms with E-state index in [4.69, 9.17) is 49.0 Å². The minimum Gasteiger partial charge on any atom is -0.399 e. The fourth-order valence-electron chi connectivity index (χ4n) is 9.34. The molecule has 1 aliphatic carbocycles. The Balaban J connectivity index is 1.15. The molecule has 1 heterocycles. The highest BCUT2D eigenvalue weighted by Crippen LogP contribution is 2.53. The van der Waals surface area contributed by atoms with E-state index in [0.717, 1.165) is 90.4 Å². The number of piperidine rings is 1. The third-order valence-corrected chi connectivity index (χ3v) is 13.4. The Morgan fingerprint density at radius 3 is 1.89 bits per heavy atom. The summed E-state index contributed by atoms with van der Waals surface area (Å²) in [4.78, 5) is 19.5. The number of nitrogens with two attached hydrogens (primary N) is 1. The van der Waals surface area contributed by atoms with E-state index in [1.54, 1.807) is 6.20 Å². The van der Waals surface area contributed by atoms with Crippen LogP contribution < -0.4 is 16.4 Å². The molecule has 3 unspecified atom stereocenters. The SMILES string of the molecule is CCCCOCCOCCOCCOCCN/C=C(\N)COCCOCCOCCOCCC(=O)N1CCC2(CC1)CC(C(=N)N(C(C)=N)C(C)CC(CCC)N(C)CCC(NC)c1ccccc1)C2.